The van der Waals surface area contributed by atoms with E-state index >= 15 is 0 Å². The Morgan fingerprint density at radius 1 is 1.42 bits per heavy atom. The number of hydrogen-bond donors (Lipinski definition) is 0. The van der Waals surface area contributed by atoms with Crippen molar-refractivity contribution in [1.82, 2.24) is 4.98 Å². The lowest BCUT2D eigenvalue weighted by Crippen LogP contribution is -2.01. The SMILES string of the molecule is COC(=O)CCc1nc(-c2ccc(F)cc2)c(Br)o1. The van der Waals surface area contributed by atoms with Gasteiger partial charge in [0.25, 0.3) is 0 Å². The zero-order valence-electron chi connectivity index (χ0n) is 10.2. The molecule has 2 aromatic rings. The Bertz CT molecular complexity index is 580. The molecular weight excluding hydrogens is 317 g/mol. The summed E-state index contributed by atoms with van der Waals surface area (Å²) < 4.78 is 23.3. The maximum absolute atomic E-state index is 12.8. The fourth-order valence-corrected chi connectivity index (χ4v) is 2.05. The molecule has 0 bridgehead atoms. The van der Waals surface area contributed by atoms with Gasteiger partial charge in [-0.2, -0.15) is 0 Å². The Balaban J connectivity index is 2.16. The highest BCUT2D eigenvalue weighted by atomic mass is 79.9. The second-order valence-electron chi connectivity index (χ2n) is 3.81. The lowest BCUT2D eigenvalue weighted by molar-refractivity contribution is -0.140. The number of hydrogen-bond acceptors (Lipinski definition) is 4. The van der Waals surface area contributed by atoms with Gasteiger partial charge in [0.2, 0.25) is 0 Å². The van der Waals surface area contributed by atoms with Crippen LogP contribution in [-0.4, -0.2) is 18.1 Å². The summed E-state index contributed by atoms with van der Waals surface area (Å²) in [6, 6.07) is 5.93. The first kappa shape index (κ1) is 13.7. The third kappa shape index (κ3) is 3.41. The zero-order chi connectivity index (χ0) is 13.8. The molecule has 0 unspecified atom stereocenters. The van der Waals surface area contributed by atoms with Gasteiger partial charge in [0.15, 0.2) is 10.6 Å². The molecule has 1 heterocycles. The minimum Gasteiger partial charge on any atom is -0.469 e. The van der Waals surface area contributed by atoms with Crippen molar-refractivity contribution in [2.45, 2.75) is 12.8 Å². The second-order valence-corrected chi connectivity index (χ2v) is 4.53. The molecule has 0 N–H and O–H groups in total. The van der Waals surface area contributed by atoms with Crippen molar-refractivity contribution in [2.75, 3.05) is 7.11 Å². The van der Waals surface area contributed by atoms with Crippen molar-refractivity contribution in [3.8, 4) is 11.3 Å². The van der Waals surface area contributed by atoms with E-state index in [0.29, 0.717) is 22.7 Å². The minimum atomic E-state index is -0.322. The molecule has 0 fully saturated rings. The van der Waals surface area contributed by atoms with Gasteiger partial charge in [-0.25, -0.2) is 9.37 Å². The predicted octanol–water partition coefficient (Wildman–Crippen LogP) is 3.35. The standard InChI is InChI=1S/C13H11BrFNO3/c1-18-11(17)7-6-10-16-12(13(14)19-10)8-2-4-9(15)5-3-8/h2-5H,6-7H2,1H3. The Labute approximate surface area is 117 Å². The topological polar surface area (TPSA) is 52.3 Å². The van der Waals surface area contributed by atoms with Gasteiger partial charge >= 0.3 is 5.97 Å². The van der Waals surface area contributed by atoms with Gasteiger partial charge in [0.05, 0.1) is 13.5 Å². The summed E-state index contributed by atoms with van der Waals surface area (Å²) in [7, 11) is 1.33. The van der Waals surface area contributed by atoms with Gasteiger partial charge in [-0.3, -0.25) is 4.79 Å². The van der Waals surface area contributed by atoms with Gasteiger partial charge in [-0.15, -0.1) is 0 Å². The van der Waals surface area contributed by atoms with Crippen LogP contribution in [0.25, 0.3) is 11.3 Å². The Kier molecular flexibility index (Phi) is 4.31. The van der Waals surface area contributed by atoms with Crippen molar-refractivity contribution in [3.63, 3.8) is 0 Å². The van der Waals surface area contributed by atoms with Crippen LogP contribution >= 0.6 is 15.9 Å². The van der Waals surface area contributed by atoms with Crippen LogP contribution in [-0.2, 0) is 16.0 Å². The lowest BCUT2D eigenvalue weighted by atomic mass is 10.2. The predicted molar refractivity (Wildman–Crippen MR) is 69.9 cm³/mol. The minimum absolute atomic E-state index is 0.201. The molecule has 6 heteroatoms. The van der Waals surface area contributed by atoms with E-state index in [-0.39, 0.29) is 18.2 Å². The summed E-state index contributed by atoms with van der Waals surface area (Å²) in [4.78, 5) is 15.3. The smallest absolute Gasteiger partial charge is 0.306 e. The number of halogens is 2. The molecule has 100 valence electrons. The molecule has 4 nitrogen and oxygen atoms in total. The number of nitrogens with zero attached hydrogens (tertiary/aromatic N) is 1. The third-order valence-corrected chi connectivity index (χ3v) is 3.06. The molecule has 0 aliphatic heterocycles. The molecule has 0 saturated carbocycles. The van der Waals surface area contributed by atoms with E-state index in [2.05, 4.69) is 25.7 Å². The van der Waals surface area contributed by atoms with E-state index in [1.807, 2.05) is 0 Å². The summed E-state index contributed by atoms with van der Waals surface area (Å²) in [5, 5.41) is 0. The fraction of sp³-hybridized carbons (Fsp3) is 0.231. The quantitative estimate of drug-likeness (QED) is 0.808. The summed E-state index contributed by atoms with van der Waals surface area (Å²) in [6.45, 7) is 0. The molecule has 0 atom stereocenters. The monoisotopic (exact) mass is 327 g/mol. The van der Waals surface area contributed by atoms with Crippen LogP contribution in [0.2, 0.25) is 0 Å². The van der Waals surface area contributed by atoms with E-state index in [9.17, 15) is 9.18 Å². The van der Waals surface area contributed by atoms with E-state index in [0.717, 1.165) is 5.56 Å². The molecular formula is C13H11BrFNO3. The molecule has 0 amide bonds. The maximum Gasteiger partial charge on any atom is 0.306 e. The fourth-order valence-electron chi connectivity index (χ4n) is 1.55. The molecule has 19 heavy (non-hydrogen) atoms. The molecule has 2 rings (SSSR count). The number of benzene rings is 1. The highest BCUT2D eigenvalue weighted by Crippen LogP contribution is 2.29. The molecule has 0 aliphatic rings. The van der Waals surface area contributed by atoms with Gasteiger partial charge < -0.3 is 9.15 Å². The Morgan fingerprint density at radius 3 is 2.74 bits per heavy atom. The van der Waals surface area contributed by atoms with Gasteiger partial charge in [0, 0.05) is 12.0 Å². The van der Waals surface area contributed by atoms with Crippen LogP contribution in [0.15, 0.2) is 33.4 Å². The average molecular weight is 328 g/mol. The highest BCUT2D eigenvalue weighted by Gasteiger charge is 2.14. The molecule has 1 aromatic carbocycles. The number of aryl methyl sites for hydroxylation is 1. The van der Waals surface area contributed by atoms with Gasteiger partial charge in [0.1, 0.15) is 11.5 Å². The van der Waals surface area contributed by atoms with Crippen LogP contribution in [0.5, 0.6) is 0 Å². The van der Waals surface area contributed by atoms with E-state index < -0.39 is 0 Å². The number of oxazole rings is 1. The number of carbonyl (C=O) groups is 1. The first-order valence-electron chi connectivity index (χ1n) is 5.58. The van der Waals surface area contributed by atoms with E-state index in [4.69, 9.17) is 4.42 Å². The second kappa shape index (κ2) is 5.97. The third-order valence-electron chi connectivity index (χ3n) is 2.52. The summed E-state index contributed by atoms with van der Waals surface area (Å²) in [5.74, 6) is -0.205. The summed E-state index contributed by atoms with van der Waals surface area (Å²) in [5.41, 5.74) is 1.32. The van der Waals surface area contributed by atoms with Crippen molar-refractivity contribution in [1.29, 1.82) is 0 Å². The van der Waals surface area contributed by atoms with Crippen LogP contribution in [0.4, 0.5) is 4.39 Å². The molecule has 0 radical (unpaired) electrons. The molecule has 1 aromatic heterocycles. The van der Waals surface area contributed by atoms with Crippen molar-refractivity contribution in [3.05, 3.63) is 40.6 Å². The van der Waals surface area contributed by atoms with Crippen LogP contribution in [0.1, 0.15) is 12.3 Å². The van der Waals surface area contributed by atoms with Crippen LogP contribution in [0.3, 0.4) is 0 Å². The largest absolute Gasteiger partial charge is 0.469 e. The number of esters is 1. The summed E-state index contributed by atoms with van der Waals surface area (Å²) >= 11 is 3.26. The maximum atomic E-state index is 12.8. The average Bonchev–Trinajstić information content (AvgIpc) is 2.78. The zero-order valence-corrected chi connectivity index (χ0v) is 11.7. The number of rotatable bonds is 4. The van der Waals surface area contributed by atoms with E-state index in [1.54, 1.807) is 12.1 Å². The lowest BCUT2D eigenvalue weighted by Gasteiger charge is -1.96. The van der Waals surface area contributed by atoms with E-state index in [1.165, 1.54) is 19.2 Å². The first-order valence-corrected chi connectivity index (χ1v) is 6.37. The van der Waals surface area contributed by atoms with Gasteiger partial charge in [-0.1, -0.05) is 0 Å². The van der Waals surface area contributed by atoms with Crippen LogP contribution < -0.4 is 0 Å². The number of ether oxygens (including phenoxy) is 1. The Morgan fingerprint density at radius 2 is 2.11 bits per heavy atom. The van der Waals surface area contributed by atoms with Gasteiger partial charge in [-0.05, 0) is 40.2 Å². The van der Waals surface area contributed by atoms with Crippen LogP contribution in [0, 0.1) is 5.82 Å². The Hall–Kier alpha value is -1.69. The molecule has 0 aliphatic carbocycles. The van der Waals surface area contributed by atoms with Crippen molar-refractivity contribution < 1.29 is 18.3 Å². The highest BCUT2D eigenvalue weighted by molar-refractivity contribution is 9.10. The summed E-state index contributed by atoms with van der Waals surface area (Å²) in [6.07, 6.45) is 0.554. The first-order chi connectivity index (χ1) is 9.10. The van der Waals surface area contributed by atoms with Crippen molar-refractivity contribution >= 4 is 21.9 Å². The molecule has 0 saturated heterocycles. The number of aromatic nitrogens is 1. The normalized spacial score (nSPS) is 10.5. The molecule has 0 spiro atoms. The number of methoxy groups -OCH3 is 1. The van der Waals surface area contributed by atoms with Crippen molar-refractivity contribution in [2.24, 2.45) is 0 Å². The number of carbonyl (C=O) groups excluding carboxylic acids is 1.